The van der Waals surface area contributed by atoms with Crippen LogP contribution in [0.1, 0.15) is 111 Å². The molecule has 0 saturated carbocycles. The molecule has 15 aromatic carbocycles. The van der Waals surface area contributed by atoms with E-state index in [1.165, 1.54) is 254 Å². The third kappa shape index (κ3) is 9.53. The monoisotopic (exact) mass is 1260 g/mol. The van der Waals surface area contributed by atoms with Crippen molar-refractivity contribution in [1.29, 1.82) is 0 Å². The summed E-state index contributed by atoms with van der Waals surface area (Å²) in [4.78, 5) is 0. The summed E-state index contributed by atoms with van der Waals surface area (Å²) >= 11 is 0. The Balaban J connectivity index is 0.000000154. The molecule has 0 nitrogen and oxygen atoms in total. The summed E-state index contributed by atoms with van der Waals surface area (Å²) in [6.45, 7) is 37.4. The smallest absolute Gasteiger partial charge is 0.00134 e. The standard InChI is InChI=1S/C51H44.C47H42/c1-28-30(3)34(7)48-46(32(28)5)50(42-22-20-38-24-37(18-19-39(38)25-42)36-14-10-9-11-15-36)47-33(6)29(2)31(4)35(8)49(47)51(48)43-23-21-41-26-40-16-12-13-17-44(40)45(41)27-43;1-26-28(3)32(7)44-42(30(26)5)46(38-19-14-18-35(23-38)34-15-10-9-11-16-34)43-31(6)27(2)29(4)33(8)45(43)47(44)39-22-21-37-24-36-17-12-13-20-40(36)41(37)25-39/h9-25,27H,26H2,1-8H3;9-23,25H,24H2,1-8H3. The molecule has 0 fully saturated rings. The molecule has 0 spiro atoms. The molecule has 2 aliphatic carbocycles. The molecule has 0 saturated heterocycles. The van der Waals surface area contributed by atoms with Crippen molar-refractivity contribution in [2.45, 2.75) is 124 Å². The summed E-state index contributed by atoms with van der Waals surface area (Å²) in [6.07, 6.45) is 2.02. The van der Waals surface area contributed by atoms with Crippen molar-refractivity contribution in [3.05, 3.63) is 318 Å². The Kier molecular flexibility index (Phi) is 15.1. The van der Waals surface area contributed by atoms with Gasteiger partial charge in [0.2, 0.25) is 0 Å². The number of hydrogen-bond donors (Lipinski definition) is 0. The van der Waals surface area contributed by atoms with Crippen LogP contribution in [0.2, 0.25) is 0 Å². The van der Waals surface area contributed by atoms with Gasteiger partial charge in [-0.25, -0.2) is 0 Å². The molecule has 0 unspecified atom stereocenters. The highest BCUT2D eigenvalue weighted by atomic mass is 14.3. The molecular formula is C98H86. The van der Waals surface area contributed by atoms with Gasteiger partial charge in [0.05, 0.1) is 0 Å². The second-order valence-corrected chi connectivity index (χ2v) is 29.0. The molecule has 0 aromatic heterocycles. The van der Waals surface area contributed by atoms with Crippen LogP contribution in [0.3, 0.4) is 0 Å². The van der Waals surface area contributed by atoms with Crippen LogP contribution >= 0.6 is 0 Å². The van der Waals surface area contributed by atoms with Gasteiger partial charge in [-0.1, -0.05) is 176 Å². The first kappa shape index (κ1) is 62.4. The van der Waals surface area contributed by atoms with Crippen LogP contribution in [-0.4, -0.2) is 0 Å². The van der Waals surface area contributed by atoms with Crippen molar-refractivity contribution in [1.82, 2.24) is 0 Å². The largest absolute Gasteiger partial charge is 0.0622 e. The van der Waals surface area contributed by atoms with Gasteiger partial charge in [-0.05, 0) is 408 Å². The van der Waals surface area contributed by atoms with E-state index in [4.69, 9.17) is 0 Å². The van der Waals surface area contributed by atoms with Gasteiger partial charge >= 0.3 is 0 Å². The van der Waals surface area contributed by atoms with Crippen LogP contribution in [0.25, 0.3) is 143 Å². The predicted molar refractivity (Wildman–Crippen MR) is 425 cm³/mol. The van der Waals surface area contributed by atoms with Crippen LogP contribution in [0.4, 0.5) is 0 Å². The molecule has 0 aliphatic heterocycles. The Hall–Kier alpha value is -10.4. The average Bonchev–Trinajstić information content (AvgIpc) is 0.883. The minimum Gasteiger partial charge on any atom is -0.0622 e. The van der Waals surface area contributed by atoms with Gasteiger partial charge in [-0.15, -0.1) is 0 Å². The summed E-state index contributed by atoms with van der Waals surface area (Å²) in [6, 6.07) is 77.4. The lowest BCUT2D eigenvalue weighted by Crippen LogP contribution is -2.04. The number of fused-ring (bicyclic) bond motifs is 11. The van der Waals surface area contributed by atoms with Gasteiger partial charge < -0.3 is 0 Å². The fourth-order valence-corrected chi connectivity index (χ4v) is 17.7. The molecule has 98 heavy (non-hydrogen) atoms. The summed E-state index contributed by atoms with van der Waals surface area (Å²) < 4.78 is 0. The summed E-state index contributed by atoms with van der Waals surface area (Å²) in [5.41, 5.74) is 49.2. The maximum atomic E-state index is 2.50. The third-order valence-corrected chi connectivity index (χ3v) is 24.4. The molecule has 17 rings (SSSR count). The average molecular weight is 1260 g/mol. The summed E-state index contributed by atoms with van der Waals surface area (Å²) in [7, 11) is 0. The second kappa shape index (κ2) is 23.7. The van der Waals surface area contributed by atoms with Gasteiger partial charge in [-0.3, -0.25) is 0 Å². The van der Waals surface area contributed by atoms with E-state index in [0.29, 0.717) is 0 Å². The van der Waals surface area contributed by atoms with E-state index in [0.717, 1.165) is 12.8 Å². The fraction of sp³-hybridized carbons (Fsp3) is 0.184. The van der Waals surface area contributed by atoms with E-state index in [2.05, 4.69) is 317 Å². The lowest BCUT2D eigenvalue weighted by atomic mass is 9.76. The molecule has 0 heteroatoms. The topological polar surface area (TPSA) is 0 Å². The van der Waals surface area contributed by atoms with E-state index < -0.39 is 0 Å². The van der Waals surface area contributed by atoms with Gasteiger partial charge in [0, 0.05) is 0 Å². The third-order valence-electron chi connectivity index (χ3n) is 24.4. The number of benzene rings is 15. The first-order valence-electron chi connectivity index (χ1n) is 35.4. The predicted octanol–water partition coefficient (Wildman–Crippen LogP) is 27.2. The van der Waals surface area contributed by atoms with Crippen molar-refractivity contribution in [3.63, 3.8) is 0 Å². The van der Waals surface area contributed by atoms with Crippen LogP contribution < -0.4 is 0 Å². The molecule has 0 heterocycles. The number of rotatable bonds is 6. The zero-order chi connectivity index (χ0) is 68.0. The van der Waals surface area contributed by atoms with Crippen LogP contribution in [-0.2, 0) is 12.8 Å². The van der Waals surface area contributed by atoms with E-state index >= 15 is 0 Å². The number of hydrogen-bond acceptors (Lipinski definition) is 0. The minimum absolute atomic E-state index is 1.01. The molecule has 0 N–H and O–H groups in total. The summed E-state index contributed by atoms with van der Waals surface area (Å²) in [5.74, 6) is 0. The highest BCUT2D eigenvalue weighted by molar-refractivity contribution is 6.27. The molecule has 2 aliphatic rings. The molecule has 0 amide bonds. The van der Waals surface area contributed by atoms with Gasteiger partial charge in [0.15, 0.2) is 0 Å². The zero-order valence-electron chi connectivity index (χ0n) is 60.0. The normalized spacial score (nSPS) is 12.2. The Morgan fingerprint density at radius 2 is 0.408 bits per heavy atom. The molecule has 0 atom stereocenters. The SMILES string of the molecule is Cc1c(C)c(C)c2c(-c3ccc4c(c3)-c3ccccc3C4)c3c(C)c(C)c(C)c(C)c3c(-c3cccc(-c4ccccc4)c3)c2c1C.Cc1c(C)c(C)c2c(-c3ccc4cc(-c5ccccc5)ccc4c3)c3c(C)c(C)c(C)c(C)c3c(-c3ccc4c(c3)-c3ccccc3C4)c2c1C. The maximum absolute atomic E-state index is 2.50. The highest BCUT2D eigenvalue weighted by Crippen LogP contribution is 2.55. The highest BCUT2D eigenvalue weighted by Gasteiger charge is 2.30. The van der Waals surface area contributed by atoms with Crippen LogP contribution in [0.15, 0.2) is 206 Å². The number of aryl methyl sites for hydroxylation is 8. The van der Waals surface area contributed by atoms with Crippen LogP contribution in [0, 0.1) is 111 Å². The lowest BCUT2D eigenvalue weighted by Gasteiger charge is -2.27. The first-order valence-corrected chi connectivity index (χ1v) is 35.4. The minimum atomic E-state index is 1.01. The Morgan fingerprint density at radius 1 is 0.163 bits per heavy atom. The van der Waals surface area contributed by atoms with E-state index in [9.17, 15) is 0 Å². The second-order valence-electron chi connectivity index (χ2n) is 29.0. The fourth-order valence-electron chi connectivity index (χ4n) is 17.7. The first-order chi connectivity index (χ1) is 47.3. The Labute approximate surface area is 580 Å². The Morgan fingerprint density at radius 3 is 0.765 bits per heavy atom. The van der Waals surface area contributed by atoms with Gasteiger partial charge in [-0.2, -0.15) is 0 Å². The Bertz CT molecular complexity index is 5780. The molecule has 15 aromatic rings. The van der Waals surface area contributed by atoms with Crippen LogP contribution in [0.5, 0.6) is 0 Å². The van der Waals surface area contributed by atoms with Crippen molar-refractivity contribution in [2.75, 3.05) is 0 Å². The van der Waals surface area contributed by atoms with Gasteiger partial charge in [0.25, 0.3) is 0 Å². The zero-order valence-corrected chi connectivity index (χ0v) is 60.0. The molecule has 478 valence electrons. The van der Waals surface area contributed by atoms with Crippen molar-refractivity contribution in [3.8, 4) is 89.0 Å². The maximum Gasteiger partial charge on any atom is -0.00134 e. The van der Waals surface area contributed by atoms with Crippen molar-refractivity contribution >= 4 is 53.9 Å². The molecular weight excluding hydrogens is 1180 g/mol. The van der Waals surface area contributed by atoms with Crippen molar-refractivity contribution < 1.29 is 0 Å². The van der Waals surface area contributed by atoms with E-state index in [1.54, 1.807) is 0 Å². The molecule has 0 bridgehead atoms. The lowest BCUT2D eigenvalue weighted by molar-refractivity contribution is 1.24. The quantitative estimate of drug-likeness (QED) is 0.146. The van der Waals surface area contributed by atoms with E-state index in [1.807, 2.05) is 0 Å². The van der Waals surface area contributed by atoms with Gasteiger partial charge in [0.1, 0.15) is 0 Å². The summed E-state index contributed by atoms with van der Waals surface area (Å²) in [5, 5.41) is 13.7. The van der Waals surface area contributed by atoms with E-state index in [-0.39, 0.29) is 0 Å². The molecule has 0 radical (unpaired) electrons. The van der Waals surface area contributed by atoms with Crippen molar-refractivity contribution in [2.24, 2.45) is 0 Å².